The van der Waals surface area contributed by atoms with Crippen LogP contribution in [0.15, 0.2) is 18.2 Å². The lowest BCUT2D eigenvalue weighted by molar-refractivity contribution is 0.0489. The van der Waals surface area contributed by atoms with Crippen LogP contribution in [-0.2, 0) is 11.2 Å². The summed E-state index contributed by atoms with van der Waals surface area (Å²) in [6.45, 7) is 7.29. The molecule has 3 nitrogen and oxygen atoms in total. The lowest BCUT2D eigenvalue weighted by Crippen LogP contribution is -2.31. The first-order chi connectivity index (χ1) is 9.09. The van der Waals surface area contributed by atoms with Crippen molar-refractivity contribution in [3.05, 3.63) is 29.3 Å². The first-order valence-corrected chi connectivity index (χ1v) is 7.25. The van der Waals surface area contributed by atoms with E-state index in [0.29, 0.717) is 11.8 Å². The van der Waals surface area contributed by atoms with Crippen LogP contribution in [0.3, 0.4) is 0 Å². The fourth-order valence-corrected chi connectivity index (χ4v) is 3.62. The summed E-state index contributed by atoms with van der Waals surface area (Å²) in [5.41, 5.74) is 9.00. The van der Waals surface area contributed by atoms with E-state index < -0.39 is 0 Å². The number of para-hydroxylation sites is 1. The third-order valence-corrected chi connectivity index (χ3v) is 4.84. The molecular weight excluding hydrogens is 238 g/mol. The van der Waals surface area contributed by atoms with Crippen molar-refractivity contribution in [2.45, 2.75) is 45.4 Å². The van der Waals surface area contributed by atoms with Gasteiger partial charge in [-0.15, -0.1) is 0 Å². The van der Waals surface area contributed by atoms with Crippen LogP contribution < -0.4 is 10.5 Å². The van der Waals surface area contributed by atoms with Crippen LogP contribution >= 0.6 is 0 Å². The molecule has 0 spiro atoms. The lowest BCUT2D eigenvalue weighted by atomic mass is 9.80. The van der Waals surface area contributed by atoms with Crippen molar-refractivity contribution in [2.75, 3.05) is 6.61 Å². The first-order valence-electron chi connectivity index (χ1n) is 7.25. The van der Waals surface area contributed by atoms with E-state index in [-0.39, 0.29) is 18.2 Å². The molecule has 0 aliphatic carbocycles. The minimum Gasteiger partial charge on any atom is -0.493 e. The summed E-state index contributed by atoms with van der Waals surface area (Å²) in [5.74, 6) is 1.85. The number of hydrogen-bond acceptors (Lipinski definition) is 3. The van der Waals surface area contributed by atoms with Crippen molar-refractivity contribution in [3.63, 3.8) is 0 Å². The van der Waals surface area contributed by atoms with Gasteiger partial charge in [-0.3, -0.25) is 0 Å². The predicted molar refractivity (Wildman–Crippen MR) is 75.2 cm³/mol. The van der Waals surface area contributed by atoms with E-state index in [4.69, 9.17) is 15.2 Å². The third kappa shape index (κ3) is 2.05. The minimum atomic E-state index is -0.0111. The molecule has 1 fully saturated rings. The maximum absolute atomic E-state index is 6.56. The fraction of sp³-hybridized carbons (Fsp3) is 0.625. The van der Waals surface area contributed by atoms with Gasteiger partial charge in [-0.1, -0.05) is 25.1 Å². The Morgan fingerprint density at radius 2 is 2.00 bits per heavy atom. The van der Waals surface area contributed by atoms with Crippen LogP contribution in [0.1, 0.15) is 37.9 Å². The second-order valence-corrected chi connectivity index (χ2v) is 5.94. The normalized spacial score (nSPS) is 34.9. The van der Waals surface area contributed by atoms with E-state index in [1.165, 1.54) is 5.56 Å². The van der Waals surface area contributed by atoms with E-state index in [0.717, 1.165) is 24.3 Å². The lowest BCUT2D eigenvalue weighted by Gasteiger charge is -2.27. The molecule has 5 unspecified atom stereocenters. The number of benzene rings is 1. The van der Waals surface area contributed by atoms with Crippen LogP contribution in [0.25, 0.3) is 0 Å². The highest BCUT2D eigenvalue weighted by atomic mass is 16.5. The van der Waals surface area contributed by atoms with Gasteiger partial charge < -0.3 is 15.2 Å². The maximum atomic E-state index is 6.56. The molecule has 104 valence electrons. The Balaban J connectivity index is 1.92. The van der Waals surface area contributed by atoms with Crippen molar-refractivity contribution in [3.8, 4) is 5.75 Å². The summed E-state index contributed by atoms with van der Waals surface area (Å²) in [4.78, 5) is 0. The molecule has 1 saturated heterocycles. The van der Waals surface area contributed by atoms with E-state index in [9.17, 15) is 0 Å². The molecule has 5 atom stereocenters. The van der Waals surface area contributed by atoms with E-state index in [2.05, 4.69) is 39.0 Å². The minimum absolute atomic E-state index is 0.0111. The molecule has 2 aliphatic rings. The Kier molecular flexibility index (Phi) is 3.27. The van der Waals surface area contributed by atoms with Gasteiger partial charge in [0.25, 0.3) is 0 Å². The Hall–Kier alpha value is -1.06. The molecular formula is C16H23NO2. The van der Waals surface area contributed by atoms with Gasteiger partial charge >= 0.3 is 0 Å². The first kappa shape index (κ1) is 12.9. The Morgan fingerprint density at radius 1 is 1.21 bits per heavy atom. The molecule has 1 aromatic carbocycles. The summed E-state index contributed by atoms with van der Waals surface area (Å²) < 4.78 is 11.7. The van der Waals surface area contributed by atoms with Crippen molar-refractivity contribution in [2.24, 2.45) is 17.6 Å². The highest BCUT2D eigenvalue weighted by Crippen LogP contribution is 2.43. The summed E-state index contributed by atoms with van der Waals surface area (Å²) in [6, 6.07) is 6.33. The standard InChI is InChI=1S/C16H23NO2/c1-9-10(2)19-11(3)14(9)15(17)13-6-4-5-12-7-8-18-16(12)13/h4-6,9-11,14-15H,7-8,17H2,1-3H3. The molecule has 2 heterocycles. The number of hydrogen-bond donors (Lipinski definition) is 1. The van der Waals surface area contributed by atoms with Gasteiger partial charge in [0.05, 0.1) is 18.8 Å². The monoisotopic (exact) mass is 261 g/mol. The fourth-order valence-electron chi connectivity index (χ4n) is 3.62. The molecule has 0 saturated carbocycles. The Morgan fingerprint density at radius 3 is 2.68 bits per heavy atom. The van der Waals surface area contributed by atoms with Gasteiger partial charge in [0.1, 0.15) is 5.75 Å². The van der Waals surface area contributed by atoms with Crippen molar-refractivity contribution in [1.82, 2.24) is 0 Å². The van der Waals surface area contributed by atoms with Gasteiger partial charge in [-0.05, 0) is 25.3 Å². The van der Waals surface area contributed by atoms with Gasteiger partial charge in [0, 0.05) is 23.9 Å². The summed E-state index contributed by atoms with van der Waals surface area (Å²) in [7, 11) is 0. The Bertz CT molecular complexity index is 474. The van der Waals surface area contributed by atoms with E-state index in [1.54, 1.807) is 0 Å². The highest BCUT2D eigenvalue weighted by molar-refractivity contribution is 5.46. The van der Waals surface area contributed by atoms with E-state index >= 15 is 0 Å². The van der Waals surface area contributed by atoms with Crippen molar-refractivity contribution >= 4 is 0 Å². The highest BCUT2D eigenvalue weighted by Gasteiger charge is 2.41. The number of ether oxygens (including phenoxy) is 2. The zero-order valence-electron chi connectivity index (χ0n) is 11.9. The van der Waals surface area contributed by atoms with Gasteiger partial charge in [0.2, 0.25) is 0 Å². The van der Waals surface area contributed by atoms with Crippen LogP contribution in [0.2, 0.25) is 0 Å². The quantitative estimate of drug-likeness (QED) is 0.890. The van der Waals surface area contributed by atoms with E-state index in [1.807, 2.05) is 0 Å². The molecule has 0 bridgehead atoms. The second kappa shape index (κ2) is 4.80. The second-order valence-electron chi connectivity index (χ2n) is 5.94. The van der Waals surface area contributed by atoms with Gasteiger partial charge in [0.15, 0.2) is 0 Å². The van der Waals surface area contributed by atoms with Gasteiger partial charge in [-0.2, -0.15) is 0 Å². The predicted octanol–water partition coefficient (Wildman–Crippen LogP) is 2.68. The summed E-state index contributed by atoms with van der Waals surface area (Å²) >= 11 is 0. The molecule has 0 aromatic heterocycles. The van der Waals surface area contributed by atoms with Crippen LogP contribution in [0.5, 0.6) is 5.75 Å². The number of nitrogens with two attached hydrogens (primary N) is 1. The van der Waals surface area contributed by atoms with Crippen molar-refractivity contribution < 1.29 is 9.47 Å². The molecule has 19 heavy (non-hydrogen) atoms. The molecule has 0 amide bonds. The van der Waals surface area contributed by atoms with Crippen LogP contribution in [0, 0.1) is 11.8 Å². The third-order valence-electron chi connectivity index (χ3n) is 4.84. The topological polar surface area (TPSA) is 44.5 Å². The van der Waals surface area contributed by atoms with Gasteiger partial charge in [-0.25, -0.2) is 0 Å². The SMILES string of the molecule is CC1OC(C)C(C(N)c2cccc3c2OCC3)C1C. The molecule has 2 aliphatic heterocycles. The molecule has 3 rings (SSSR count). The average Bonchev–Trinajstić information content (AvgIpc) is 2.94. The molecule has 1 aromatic rings. The van der Waals surface area contributed by atoms with Crippen molar-refractivity contribution in [1.29, 1.82) is 0 Å². The number of rotatable bonds is 2. The zero-order valence-corrected chi connectivity index (χ0v) is 11.9. The molecule has 0 radical (unpaired) electrons. The maximum Gasteiger partial charge on any atom is 0.127 e. The van der Waals surface area contributed by atoms with Crippen LogP contribution in [-0.4, -0.2) is 18.8 Å². The average molecular weight is 261 g/mol. The summed E-state index contributed by atoms with van der Waals surface area (Å²) in [5, 5.41) is 0. The molecule has 3 heteroatoms. The molecule has 2 N–H and O–H groups in total. The zero-order chi connectivity index (χ0) is 13.6. The smallest absolute Gasteiger partial charge is 0.127 e. The summed E-state index contributed by atoms with van der Waals surface area (Å²) in [6.07, 6.45) is 1.49. The Labute approximate surface area is 115 Å². The largest absolute Gasteiger partial charge is 0.493 e. The number of fused-ring (bicyclic) bond motifs is 1. The van der Waals surface area contributed by atoms with Crippen LogP contribution in [0.4, 0.5) is 0 Å².